The molecular formula is C17H25N3O. The van der Waals surface area contributed by atoms with Gasteiger partial charge in [0.15, 0.2) is 0 Å². The highest BCUT2D eigenvalue weighted by molar-refractivity contribution is 5.26. The van der Waals surface area contributed by atoms with Crippen LogP contribution in [-0.2, 0) is 6.54 Å². The second kappa shape index (κ2) is 7.27. The summed E-state index contributed by atoms with van der Waals surface area (Å²) in [5.74, 6) is 0.918. The van der Waals surface area contributed by atoms with Gasteiger partial charge in [-0.25, -0.2) is 4.98 Å². The predicted octanol–water partition coefficient (Wildman–Crippen LogP) is 3.33. The molecule has 0 aliphatic rings. The molecule has 2 aromatic rings. The predicted molar refractivity (Wildman–Crippen MR) is 85.6 cm³/mol. The lowest BCUT2D eigenvalue weighted by Gasteiger charge is -2.17. The van der Waals surface area contributed by atoms with Gasteiger partial charge in [-0.2, -0.15) is 0 Å². The molecule has 0 saturated carbocycles. The van der Waals surface area contributed by atoms with Gasteiger partial charge in [-0.05, 0) is 39.8 Å². The van der Waals surface area contributed by atoms with Gasteiger partial charge in [-0.3, -0.25) is 0 Å². The normalized spacial score (nSPS) is 12.6. The zero-order chi connectivity index (χ0) is 15.2. The number of nitrogens with zero attached hydrogens (tertiary/aromatic N) is 2. The number of ether oxygens (including phenoxy) is 1. The highest BCUT2D eigenvalue weighted by Gasteiger charge is 2.08. The Morgan fingerprint density at radius 3 is 2.57 bits per heavy atom. The molecule has 0 spiro atoms. The standard InChI is InChI=1S/C17H25N3O/c1-13(2)20-12-18-9-16(20)10-19-15(4)11-21-17-7-5-14(3)6-8-17/h5-9,12-13,15,19H,10-11H2,1-4H3. The summed E-state index contributed by atoms with van der Waals surface area (Å²) in [5.41, 5.74) is 2.45. The molecule has 1 atom stereocenters. The smallest absolute Gasteiger partial charge is 0.119 e. The van der Waals surface area contributed by atoms with E-state index in [0.29, 0.717) is 12.6 Å². The number of hydrogen-bond acceptors (Lipinski definition) is 3. The quantitative estimate of drug-likeness (QED) is 0.849. The lowest BCUT2D eigenvalue weighted by Crippen LogP contribution is -2.32. The minimum absolute atomic E-state index is 0.279. The average Bonchev–Trinajstić information content (AvgIpc) is 2.93. The highest BCUT2D eigenvalue weighted by atomic mass is 16.5. The Kier molecular flexibility index (Phi) is 5.39. The van der Waals surface area contributed by atoms with Crippen molar-refractivity contribution in [3.63, 3.8) is 0 Å². The Hall–Kier alpha value is -1.81. The molecule has 0 fully saturated rings. The van der Waals surface area contributed by atoms with Gasteiger partial charge in [0.2, 0.25) is 0 Å². The second-order valence-corrected chi connectivity index (χ2v) is 5.79. The van der Waals surface area contributed by atoms with Crippen molar-refractivity contribution in [2.45, 2.75) is 46.3 Å². The first kappa shape index (κ1) is 15.6. The molecule has 1 aromatic heterocycles. The van der Waals surface area contributed by atoms with Gasteiger partial charge in [-0.15, -0.1) is 0 Å². The Balaban J connectivity index is 1.78. The summed E-state index contributed by atoms with van der Waals surface area (Å²) in [4.78, 5) is 4.21. The first-order valence-corrected chi connectivity index (χ1v) is 7.50. The third-order valence-electron chi connectivity index (χ3n) is 3.46. The number of nitrogens with one attached hydrogen (secondary N) is 1. The lowest BCUT2D eigenvalue weighted by atomic mass is 10.2. The van der Waals surface area contributed by atoms with Crippen molar-refractivity contribution in [1.29, 1.82) is 0 Å². The molecule has 21 heavy (non-hydrogen) atoms. The molecule has 0 aliphatic heterocycles. The molecular weight excluding hydrogens is 262 g/mol. The molecule has 4 nitrogen and oxygen atoms in total. The Morgan fingerprint density at radius 2 is 1.90 bits per heavy atom. The van der Waals surface area contributed by atoms with E-state index in [1.54, 1.807) is 0 Å². The van der Waals surface area contributed by atoms with Crippen molar-refractivity contribution >= 4 is 0 Å². The van der Waals surface area contributed by atoms with Crippen LogP contribution in [-0.4, -0.2) is 22.2 Å². The SMILES string of the molecule is Cc1ccc(OCC(C)NCc2cncn2C(C)C)cc1. The first-order chi connectivity index (χ1) is 10.1. The van der Waals surface area contributed by atoms with E-state index in [9.17, 15) is 0 Å². The molecule has 0 amide bonds. The minimum atomic E-state index is 0.279. The van der Waals surface area contributed by atoms with Crippen molar-refractivity contribution in [3.8, 4) is 5.75 Å². The van der Waals surface area contributed by atoms with Crippen LogP contribution in [0.3, 0.4) is 0 Å². The van der Waals surface area contributed by atoms with E-state index in [0.717, 1.165) is 12.3 Å². The zero-order valence-electron chi connectivity index (χ0n) is 13.3. The summed E-state index contributed by atoms with van der Waals surface area (Å²) in [5, 5.41) is 3.48. The summed E-state index contributed by atoms with van der Waals surface area (Å²) in [6.45, 7) is 9.98. The van der Waals surface area contributed by atoms with Crippen molar-refractivity contribution in [2.24, 2.45) is 0 Å². The maximum absolute atomic E-state index is 5.79. The fourth-order valence-corrected chi connectivity index (χ4v) is 2.13. The maximum atomic E-state index is 5.79. The Labute approximate surface area is 127 Å². The van der Waals surface area contributed by atoms with Crippen molar-refractivity contribution < 1.29 is 4.74 Å². The number of rotatable bonds is 7. The summed E-state index contributed by atoms with van der Waals surface area (Å²) in [7, 11) is 0. The van der Waals surface area contributed by atoms with Crippen molar-refractivity contribution in [2.75, 3.05) is 6.61 Å². The third kappa shape index (κ3) is 4.60. The fourth-order valence-electron chi connectivity index (χ4n) is 2.13. The van der Waals surface area contributed by atoms with E-state index in [2.05, 4.69) is 54.7 Å². The van der Waals surface area contributed by atoms with Crippen LogP contribution < -0.4 is 10.1 Å². The molecule has 0 radical (unpaired) electrons. The van der Waals surface area contributed by atoms with E-state index in [-0.39, 0.29) is 6.04 Å². The molecule has 0 bridgehead atoms. The molecule has 114 valence electrons. The molecule has 1 N–H and O–H groups in total. The van der Waals surface area contributed by atoms with Crippen LogP contribution in [0.2, 0.25) is 0 Å². The number of aromatic nitrogens is 2. The van der Waals surface area contributed by atoms with Crippen LogP contribution >= 0.6 is 0 Å². The van der Waals surface area contributed by atoms with Crippen LogP contribution in [0.5, 0.6) is 5.75 Å². The number of hydrogen-bond donors (Lipinski definition) is 1. The van der Waals surface area contributed by atoms with Crippen LogP contribution in [0.1, 0.15) is 38.1 Å². The van der Waals surface area contributed by atoms with Crippen LogP contribution in [0, 0.1) is 6.92 Å². The zero-order valence-corrected chi connectivity index (χ0v) is 13.3. The molecule has 0 saturated heterocycles. The lowest BCUT2D eigenvalue weighted by molar-refractivity contribution is 0.271. The summed E-state index contributed by atoms with van der Waals surface area (Å²) in [6, 6.07) is 8.86. The molecule has 1 aromatic carbocycles. The Morgan fingerprint density at radius 1 is 1.19 bits per heavy atom. The summed E-state index contributed by atoms with van der Waals surface area (Å²) in [6.07, 6.45) is 3.80. The van der Waals surface area contributed by atoms with Gasteiger partial charge in [0.25, 0.3) is 0 Å². The number of benzene rings is 1. The second-order valence-electron chi connectivity index (χ2n) is 5.79. The fraction of sp³-hybridized carbons (Fsp3) is 0.471. The van der Waals surface area contributed by atoms with Gasteiger partial charge < -0.3 is 14.6 Å². The first-order valence-electron chi connectivity index (χ1n) is 7.50. The molecule has 1 heterocycles. The van der Waals surface area contributed by atoms with Crippen LogP contribution in [0.25, 0.3) is 0 Å². The van der Waals surface area contributed by atoms with Crippen LogP contribution in [0.4, 0.5) is 0 Å². The van der Waals surface area contributed by atoms with E-state index in [1.807, 2.05) is 24.7 Å². The molecule has 0 aliphatic carbocycles. The van der Waals surface area contributed by atoms with Gasteiger partial charge in [0.05, 0.1) is 12.0 Å². The minimum Gasteiger partial charge on any atom is -0.492 e. The number of imidazole rings is 1. The maximum Gasteiger partial charge on any atom is 0.119 e. The van der Waals surface area contributed by atoms with Crippen LogP contribution in [0.15, 0.2) is 36.8 Å². The van der Waals surface area contributed by atoms with E-state index < -0.39 is 0 Å². The highest BCUT2D eigenvalue weighted by Crippen LogP contribution is 2.12. The van der Waals surface area contributed by atoms with Gasteiger partial charge in [0, 0.05) is 24.8 Å². The third-order valence-corrected chi connectivity index (χ3v) is 3.46. The summed E-state index contributed by atoms with van der Waals surface area (Å²) < 4.78 is 7.97. The van der Waals surface area contributed by atoms with E-state index >= 15 is 0 Å². The summed E-state index contributed by atoms with van der Waals surface area (Å²) >= 11 is 0. The van der Waals surface area contributed by atoms with Gasteiger partial charge in [0.1, 0.15) is 12.4 Å². The van der Waals surface area contributed by atoms with E-state index in [1.165, 1.54) is 11.3 Å². The largest absolute Gasteiger partial charge is 0.492 e. The molecule has 2 rings (SSSR count). The van der Waals surface area contributed by atoms with Gasteiger partial charge in [-0.1, -0.05) is 17.7 Å². The topological polar surface area (TPSA) is 39.1 Å². The average molecular weight is 287 g/mol. The number of aryl methyl sites for hydroxylation is 1. The van der Waals surface area contributed by atoms with Crippen molar-refractivity contribution in [3.05, 3.63) is 48.0 Å². The van der Waals surface area contributed by atoms with Crippen molar-refractivity contribution in [1.82, 2.24) is 14.9 Å². The monoisotopic (exact) mass is 287 g/mol. The Bertz CT molecular complexity index is 545. The van der Waals surface area contributed by atoms with E-state index in [4.69, 9.17) is 4.74 Å². The molecule has 1 unspecified atom stereocenters. The molecule has 4 heteroatoms. The van der Waals surface area contributed by atoms with Gasteiger partial charge >= 0.3 is 0 Å².